The summed E-state index contributed by atoms with van der Waals surface area (Å²) in [5, 5.41) is 27.1. The summed E-state index contributed by atoms with van der Waals surface area (Å²) in [6, 6.07) is 54.2. The molecule has 0 bridgehead atoms. The Balaban J connectivity index is 1.24. The van der Waals surface area contributed by atoms with Crippen LogP contribution in [-0.4, -0.2) is 9.13 Å². The van der Waals surface area contributed by atoms with E-state index in [0.717, 1.165) is 88.1 Å². The molecule has 0 spiro atoms. The van der Waals surface area contributed by atoms with Crippen LogP contribution in [0.4, 0.5) is 0 Å². The number of fused-ring (bicyclic) bond motifs is 9. The number of nitriles is 2. The molecule has 5 heteroatoms. The Hall–Kier alpha value is -7.08. The van der Waals surface area contributed by atoms with E-state index in [0.29, 0.717) is 11.1 Å². The zero-order valence-electron chi connectivity index (χ0n) is 26.1. The summed E-state index contributed by atoms with van der Waals surface area (Å²) < 4.78 is 10.7. The second kappa shape index (κ2) is 10.2. The molecule has 0 fully saturated rings. The van der Waals surface area contributed by atoms with Crippen molar-refractivity contribution in [1.82, 2.24) is 9.13 Å². The Morgan fingerprint density at radius 1 is 0.388 bits per heavy atom. The van der Waals surface area contributed by atoms with Crippen LogP contribution < -0.4 is 0 Å². The lowest BCUT2D eigenvalue weighted by atomic mass is 9.99. The van der Waals surface area contributed by atoms with Crippen molar-refractivity contribution in [1.29, 1.82) is 10.5 Å². The first-order chi connectivity index (χ1) is 24.2. The van der Waals surface area contributed by atoms with Gasteiger partial charge in [-0.1, -0.05) is 72.8 Å². The van der Waals surface area contributed by atoms with Crippen LogP contribution in [0.25, 0.3) is 88.1 Å². The monoisotopic (exact) mass is 624 g/mol. The second-order valence-electron chi connectivity index (χ2n) is 12.4. The number of benzene rings is 7. The molecular formula is C44H24N4O. The molecule has 0 saturated heterocycles. The van der Waals surface area contributed by atoms with Crippen molar-refractivity contribution < 1.29 is 4.42 Å². The lowest BCUT2D eigenvalue weighted by Gasteiger charge is -2.14. The molecule has 0 unspecified atom stereocenters. The molecule has 0 aliphatic rings. The van der Waals surface area contributed by atoms with Crippen molar-refractivity contribution in [3.8, 4) is 34.6 Å². The zero-order chi connectivity index (χ0) is 32.6. The molecule has 0 saturated carbocycles. The standard InChI is InChI=1S/C44H24N4O/c45-25-27-17-29(21-31(19-27)47-39-13-5-1-9-33(39)34-10-2-6-14-40(34)47)30-18-28(26-46)20-32(22-30)48-41-15-7-3-11-35(41)37-24-44-38(23-42(37)48)36-12-4-8-16-43(36)49-44/h1-24H. The van der Waals surface area contributed by atoms with Gasteiger partial charge in [-0.2, -0.15) is 10.5 Å². The summed E-state index contributed by atoms with van der Waals surface area (Å²) >= 11 is 0. The molecule has 10 aromatic rings. The second-order valence-corrected chi connectivity index (χ2v) is 12.4. The first kappa shape index (κ1) is 27.1. The van der Waals surface area contributed by atoms with E-state index in [-0.39, 0.29) is 0 Å². The summed E-state index contributed by atoms with van der Waals surface area (Å²) in [5.74, 6) is 0. The predicted octanol–water partition coefficient (Wildman–Crippen LogP) is 11.2. The molecule has 0 atom stereocenters. The summed E-state index contributed by atoms with van der Waals surface area (Å²) in [5.41, 5.74) is 10.4. The van der Waals surface area contributed by atoms with Gasteiger partial charge in [0.15, 0.2) is 0 Å². The molecule has 226 valence electrons. The van der Waals surface area contributed by atoms with Crippen LogP contribution in [0, 0.1) is 22.7 Å². The van der Waals surface area contributed by atoms with Gasteiger partial charge in [-0.3, -0.25) is 0 Å². The van der Waals surface area contributed by atoms with Crippen molar-refractivity contribution in [2.45, 2.75) is 0 Å². The Morgan fingerprint density at radius 3 is 1.41 bits per heavy atom. The molecule has 0 aliphatic carbocycles. The molecule has 0 N–H and O–H groups in total. The molecule has 3 aromatic heterocycles. The molecular weight excluding hydrogens is 601 g/mol. The molecule has 0 amide bonds. The smallest absolute Gasteiger partial charge is 0.136 e. The maximum Gasteiger partial charge on any atom is 0.136 e. The van der Waals surface area contributed by atoms with Gasteiger partial charge >= 0.3 is 0 Å². The maximum atomic E-state index is 10.3. The van der Waals surface area contributed by atoms with Gasteiger partial charge in [0.1, 0.15) is 11.2 Å². The van der Waals surface area contributed by atoms with Crippen LogP contribution in [0.5, 0.6) is 0 Å². The summed E-state index contributed by atoms with van der Waals surface area (Å²) in [4.78, 5) is 0. The number of furan rings is 1. The number of rotatable bonds is 3. The van der Waals surface area contributed by atoms with Crippen molar-refractivity contribution in [2.75, 3.05) is 0 Å². The highest BCUT2D eigenvalue weighted by Gasteiger charge is 2.18. The molecule has 5 nitrogen and oxygen atoms in total. The topological polar surface area (TPSA) is 70.6 Å². The predicted molar refractivity (Wildman–Crippen MR) is 197 cm³/mol. The summed E-state index contributed by atoms with van der Waals surface area (Å²) in [6.07, 6.45) is 0. The van der Waals surface area contributed by atoms with Crippen molar-refractivity contribution in [2.24, 2.45) is 0 Å². The van der Waals surface area contributed by atoms with E-state index < -0.39 is 0 Å². The van der Waals surface area contributed by atoms with Crippen LogP contribution in [0.2, 0.25) is 0 Å². The van der Waals surface area contributed by atoms with Gasteiger partial charge in [0.25, 0.3) is 0 Å². The largest absolute Gasteiger partial charge is 0.456 e. The lowest BCUT2D eigenvalue weighted by Crippen LogP contribution is -1.98. The molecule has 3 heterocycles. The molecule has 0 aliphatic heterocycles. The molecule has 10 rings (SSSR count). The first-order valence-electron chi connectivity index (χ1n) is 16.1. The van der Waals surface area contributed by atoms with E-state index in [4.69, 9.17) is 4.42 Å². The van der Waals surface area contributed by atoms with Crippen LogP contribution >= 0.6 is 0 Å². The number of hydrogen-bond acceptors (Lipinski definition) is 3. The molecule has 49 heavy (non-hydrogen) atoms. The average Bonchev–Trinajstić information content (AvgIpc) is 3.80. The van der Waals surface area contributed by atoms with Gasteiger partial charge in [-0.15, -0.1) is 0 Å². The minimum Gasteiger partial charge on any atom is -0.456 e. The highest BCUT2D eigenvalue weighted by Crippen LogP contribution is 2.40. The molecule has 7 aromatic carbocycles. The van der Waals surface area contributed by atoms with Gasteiger partial charge in [0, 0.05) is 43.7 Å². The number of nitrogens with zero attached hydrogens (tertiary/aromatic N) is 4. The summed E-state index contributed by atoms with van der Waals surface area (Å²) in [7, 11) is 0. The minimum absolute atomic E-state index is 0.536. The fourth-order valence-electron chi connectivity index (χ4n) is 7.61. The van der Waals surface area contributed by atoms with Crippen LogP contribution in [-0.2, 0) is 0 Å². The fourth-order valence-corrected chi connectivity index (χ4v) is 7.61. The quantitative estimate of drug-likeness (QED) is 0.196. The van der Waals surface area contributed by atoms with Crippen LogP contribution in [0.1, 0.15) is 11.1 Å². The number of aromatic nitrogens is 2. The Bertz CT molecular complexity index is 3030. The Morgan fingerprint density at radius 2 is 0.857 bits per heavy atom. The lowest BCUT2D eigenvalue weighted by molar-refractivity contribution is 0.669. The third-order valence-corrected chi connectivity index (χ3v) is 9.69. The maximum absolute atomic E-state index is 10.3. The van der Waals surface area contributed by atoms with Crippen molar-refractivity contribution in [3.63, 3.8) is 0 Å². The highest BCUT2D eigenvalue weighted by atomic mass is 16.3. The van der Waals surface area contributed by atoms with Gasteiger partial charge in [-0.05, 0) is 83.9 Å². The van der Waals surface area contributed by atoms with E-state index in [9.17, 15) is 10.5 Å². The van der Waals surface area contributed by atoms with E-state index in [1.165, 1.54) is 0 Å². The number of para-hydroxylation sites is 4. The van der Waals surface area contributed by atoms with Crippen LogP contribution in [0.3, 0.4) is 0 Å². The normalized spacial score (nSPS) is 11.6. The first-order valence-corrected chi connectivity index (χ1v) is 16.1. The Labute approximate surface area is 280 Å². The van der Waals surface area contributed by atoms with E-state index in [1.54, 1.807) is 0 Å². The average molecular weight is 625 g/mol. The van der Waals surface area contributed by atoms with E-state index >= 15 is 0 Å². The third kappa shape index (κ3) is 3.97. The third-order valence-electron chi connectivity index (χ3n) is 9.69. The Kier molecular flexibility index (Phi) is 5.64. The summed E-state index contributed by atoms with van der Waals surface area (Å²) in [6.45, 7) is 0. The highest BCUT2D eigenvalue weighted by molar-refractivity contribution is 6.17. The van der Waals surface area contributed by atoms with Crippen LogP contribution in [0.15, 0.2) is 150 Å². The fraction of sp³-hybridized carbons (Fsp3) is 0. The van der Waals surface area contributed by atoms with Crippen molar-refractivity contribution >= 4 is 65.6 Å². The van der Waals surface area contributed by atoms with Crippen molar-refractivity contribution in [3.05, 3.63) is 157 Å². The zero-order valence-corrected chi connectivity index (χ0v) is 26.1. The van der Waals surface area contributed by atoms with E-state index in [1.807, 2.05) is 60.7 Å². The van der Waals surface area contributed by atoms with E-state index in [2.05, 4.69) is 106 Å². The minimum atomic E-state index is 0.536. The van der Waals surface area contributed by atoms with Gasteiger partial charge in [0.05, 0.1) is 45.3 Å². The SMILES string of the molecule is N#Cc1cc(-c2cc(C#N)cc(-n3c4ccccc4c4cc5oc6ccccc6c5cc43)c2)cc(-n2c3ccccc3c3ccccc32)c1. The van der Waals surface area contributed by atoms with Gasteiger partial charge in [-0.25, -0.2) is 0 Å². The van der Waals surface area contributed by atoms with Gasteiger partial charge in [0.2, 0.25) is 0 Å². The van der Waals surface area contributed by atoms with Gasteiger partial charge < -0.3 is 13.6 Å². The number of hydrogen-bond donors (Lipinski definition) is 0. The molecule has 0 radical (unpaired) electrons.